The zero-order chi connectivity index (χ0) is 14.6. The molecule has 0 heterocycles. The summed E-state index contributed by atoms with van der Waals surface area (Å²) in [5.41, 5.74) is 2.19. The molecule has 0 aliphatic rings. The Hall–Kier alpha value is -2.01. The lowest BCUT2D eigenvalue weighted by atomic mass is 10.2. The van der Waals surface area contributed by atoms with Crippen molar-refractivity contribution in [3.05, 3.63) is 60.2 Å². The van der Waals surface area contributed by atoms with Crippen molar-refractivity contribution in [1.82, 2.24) is 0 Å². The number of para-hydroxylation sites is 2. The van der Waals surface area contributed by atoms with Crippen molar-refractivity contribution in [2.24, 2.45) is 0 Å². The SMILES string of the molecule is CN(C)c1ccccc1NS(=O)(=O)Cc1ccccc1. The number of sulfonamides is 1. The molecule has 2 aromatic carbocycles. The molecule has 5 heteroatoms. The Morgan fingerprint density at radius 3 is 2.20 bits per heavy atom. The van der Waals surface area contributed by atoms with Crippen molar-refractivity contribution in [1.29, 1.82) is 0 Å². The number of benzene rings is 2. The standard InChI is InChI=1S/C15H18N2O2S/c1-17(2)15-11-7-6-10-14(15)16-20(18,19)12-13-8-4-3-5-9-13/h3-11,16H,12H2,1-2H3. The van der Waals surface area contributed by atoms with Gasteiger partial charge in [-0.15, -0.1) is 0 Å². The Labute approximate surface area is 120 Å². The molecule has 0 radical (unpaired) electrons. The van der Waals surface area contributed by atoms with Gasteiger partial charge in [0.1, 0.15) is 0 Å². The number of rotatable bonds is 5. The summed E-state index contributed by atoms with van der Waals surface area (Å²) in [6, 6.07) is 16.5. The number of hydrogen-bond donors (Lipinski definition) is 1. The minimum atomic E-state index is -3.42. The highest BCUT2D eigenvalue weighted by molar-refractivity contribution is 7.91. The smallest absolute Gasteiger partial charge is 0.236 e. The van der Waals surface area contributed by atoms with Gasteiger partial charge in [-0.2, -0.15) is 0 Å². The Bertz CT molecular complexity index is 667. The molecule has 0 amide bonds. The van der Waals surface area contributed by atoms with E-state index in [0.717, 1.165) is 11.3 Å². The van der Waals surface area contributed by atoms with Gasteiger partial charge in [-0.3, -0.25) is 4.72 Å². The monoisotopic (exact) mass is 290 g/mol. The van der Waals surface area contributed by atoms with E-state index in [0.29, 0.717) is 5.69 Å². The molecule has 2 rings (SSSR count). The molecule has 0 bridgehead atoms. The molecular formula is C15H18N2O2S. The van der Waals surface area contributed by atoms with E-state index in [4.69, 9.17) is 0 Å². The summed E-state index contributed by atoms with van der Waals surface area (Å²) in [5.74, 6) is -0.0321. The molecule has 0 saturated heterocycles. The third-order valence-corrected chi connectivity index (χ3v) is 4.10. The van der Waals surface area contributed by atoms with E-state index in [2.05, 4.69) is 4.72 Å². The van der Waals surface area contributed by atoms with Gasteiger partial charge >= 0.3 is 0 Å². The molecule has 20 heavy (non-hydrogen) atoms. The molecule has 0 aliphatic carbocycles. The maximum atomic E-state index is 12.2. The highest BCUT2D eigenvalue weighted by atomic mass is 32.2. The third-order valence-electron chi connectivity index (χ3n) is 2.85. The summed E-state index contributed by atoms with van der Waals surface area (Å²) in [7, 11) is 0.338. The first kappa shape index (κ1) is 14.4. The first-order valence-electron chi connectivity index (χ1n) is 6.29. The van der Waals surface area contributed by atoms with E-state index in [1.54, 1.807) is 18.2 Å². The normalized spacial score (nSPS) is 11.1. The van der Waals surface area contributed by atoms with Crippen molar-refractivity contribution >= 4 is 21.4 Å². The van der Waals surface area contributed by atoms with Gasteiger partial charge in [-0.1, -0.05) is 42.5 Å². The fraction of sp³-hybridized carbons (Fsp3) is 0.200. The van der Waals surface area contributed by atoms with Crippen LogP contribution in [0.15, 0.2) is 54.6 Å². The minimum absolute atomic E-state index is 0.0321. The maximum absolute atomic E-state index is 12.2. The van der Waals surface area contributed by atoms with E-state index in [1.165, 1.54) is 0 Å². The zero-order valence-electron chi connectivity index (χ0n) is 11.6. The summed E-state index contributed by atoms with van der Waals surface area (Å²) < 4.78 is 27.1. The number of anilines is 2. The second kappa shape index (κ2) is 5.96. The first-order valence-corrected chi connectivity index (χ1v) is 7.94. The van der Waals surface area contributed by atoms with Crippen LogP contribution in [-0.2, 0) is 15.8 Å². The Kier molecular flexibility index (Phi) is 4.29. The largest absolute Gasteiger partial charge is 0.376 e. The van der Waals surface area contributed by atoms with Crippen LogP contribution in [0, 0.1) is 0 Å². The third kappa shape index (κ3) is 3.74. The quantitative estimate of drug-likeness (QED) is 0.921. The van der Waals surface area contributed by atoms with Crippen LogP contribution < -0.4 is 9.62 Å². The average molecular weight is 290 g/mol. The van der Waals surface area contributed by atoms with Crippen LogP contribution in [-0.4, -0.2) is 22.5 Å². The Morgan fingerprint density at radius 2 is 1.55 bits per heavy atom. The van der Waals surface area contributed by atoms with Gasteiger partial charge in [-0.05, 0) is 17.7 Å². The predicted octanol–water partition coefficient (Wildman–Crippen LogP) is 2.69. The number of nitrogens with zero attached hydrogens (tertiary/aromatic N) is 1. The molecular weight excluding hydrogens is 272 g/mol. The number of hydrogen-bond acceptors (Lipinski definition) is 3. The fourth-order valence-corrected chi connectivity index (χ4v) is 3.16. The lowest BCUT2D eigenvalue weighted by Crippen LogP contribution is -2.18. The van der Waals surface area contributed by atoms with Gasteiger partial charge in [0.05, 0.1) is 17.1 Å². The zero-order valence-corrected chi connectivity index (χ0v) is 12.4. The maximum Gasteiger partial charge on any atom is 0.236 e. The average Bonchev–Trinajstić information content (AvgIpc) is 2.39. The molecule has 106 valence electrons. The summed E-state index contributed by atoms with van der Waals surface area (Å²) in [4.78, 5) is 1.88. The molecule has 0 fully saturated rings. The second-order valence-electron chi connectivity index (χ2n) is 4.76. The van der Waals surface area contributed by atoms with Crippen LogP contribution in [0.1, 0.15) is 5.56 Å². The van der Waals surface area contributed by atoms with Crippen LogP contribution in [0.4, 0.5) is 11.4 Å². The summed E-state index contributed by atoms with van der Waals surface area (Å²) in [6.07, 6.45) is 0. The van der Waals surface area contributed by atoms with Crippen molar-refractivity contribution in [3.63, 3.8) is 0 Å². The molecule has 0 spiro atoms. The Morgan fingerprint density at radius 1 is 0.950 bits per heavy atom. The molecule has 1 N–H and O–H groups in total. The summed E-state index contributed by atoms with van der Waals surface area (Å²) >= 11 is 0. The van der Waals surface area contributed by atoms with Crippen molar-refractivity contribution in [3.8, 4) is 0 Å². The highest BCUT2D eigenvalue weighted by Crippen LogP contribution is 2.25. The van der Waals surface area contributed by atoms with Crippen LogP contribution in [0.25, 0.3) is 0 Å². The van der Waals surface area contributed by atoms with Crippen molar-refractivity contribution in [2.45, 2.75) is 5.75 Å². The van der Waals surface area contributed by atoms with Crippen LogP contribution in [0.3, 0.4) is 0 Å². The fourth-order valence-electron chi connectivity index (χ4n) is 1.95. The van der Waals surface area contributed by atoms with E-state index in [-0.39, 0.29) is 5.75 Å². The van der Waals surface area contributed by atoms with E-state index in [1.807, 2.05) is 55.4 Å². The van der Waals surface area contributed by atoms with Gasteiger partial charge in [0, 0.05) is 14.1 Å². The van der Waals surface area contributed by atoms with Gasteiger partial charge in [0.15, 0.2) is 0 Å². The van der Waals surface area contributed by atoms with Gasteiger partial charge in [0.25, 0.3) is 0 Å². The second-order valence-corrected chi connectivity index (χ2v) is 6.48. The molecule has 0 saturated carbocycles. The van der Waals surface area contributed by atoms with E-state index < -0.39 is 10.0 Å². The summed E-state index contributed by atoms with van der Waals surface area (Å²) in [6.45, 7) is 0. The van der Waals surface area contributed by atoms with E-state index >= 15 is 0 Å². The topological polar surface area (TPSA) is 49.4 Å². The van der Waals surface area contributed by atoms with Crippen LogP contribution in [0.2, 0.25) is 0 Å². The molecule has 0 atom stereocenters. The van der Waals surface area contributed by atoms with Crippen molar-refractivity contribution < 1.29 is 8.42 Å². The van der Waals surface area contributed by atoms with Gasteiger partial charge in [0.2, 0.25) is 10.0 Å². The number of nitrogens with one attached hydrogen (secondary N) is 1. The van der Waals surface area contributed by atoms with E-state index in [9.17, 15) is 8.42 Å². The molecule has 2 aromatic rings. The van der Waals surface area contributed by atoms with Crippen LogP contribution >= 0.6 is 0 Å². The minimum Gasteiger partial charge on any atom is -0.376 e. The molecule has 4 nitrogen and oxygen atoms in total. The summed E-state index contributed by atoms with van der Waals surface area (Å²) in [5, 5.41) is 0. The molecule has 0 aromatic heterocycles. The lowest BCUT2D eigenvalue weighted by Gasteiger charge is -2.18. The van der Waals surface area contributed by atoms with Crippen molar-refractivity contribution in [2.75, 3.05) is 23.7 Å². The van der Waals surface area contributed by atoms with Gasteiger partial charge in [-0.25, -0.2) is 8.42 Å². The Balaban J connectivity index is 2.21. The lowest BCUT2D eigenvalue weighted by molar-refractivity contribution is 0.600. The highest BCUT2D eigenvalue weighted by Gasteiger charge is 2.14. The van der Waals surface area contributed by atoms with Gasteiger partial charge < -0.3 is 4.90 Å². The first-order chi connectivity index (χ1) is 9.48. The molecule has 0 aliphatic heterocycles. The van der Waals surface area contributed by atoms with Crippen LogP contribution in [0.5, 0.6) is 0 Å². The predicted molar refractivity (Wildman–Crippen MR) is 83.5 cm³/mol. The molecule has 0 unspecified atom stereocenters.